The minimum absolute atomic E-state index is 0.0351. The summed E-state index contributed by atoms with van der Waals surface area (Å²) in [4.78, 5) is 27.0. The van der Waals surface area contributed by atoms with Gasteiger partial charge in [-0.05, 0) is 55.6 Å². The van der Waals surface area contributed by atoms with Crippen molar-refractivity contribution < 1.29 is 13.9 Å². The van der Waals surface area contributed by atoms with Gasteiger partial charge in [-0.1, -0.05) is 18.2 Å². The van der Waals surface area contributed by atoms with Gasteiger partial charge in [0.1, 0.15) is 17.3 Å². The molecule has 1 aliphatic rings. The summed E-state index contributed by atoms with van der Waals surface area (Å²) in [6, 6.07) is 14.5. The lowest BCUT2D eigenvalue weighted by Crippen LogP contribution is -2.46. The number of amides is 1. The summed E-state index contributed by atoms with van der Waals surface area (Å²) in [7, 11) is 0. The largest absolute Gasteiger partial charge is 0.424 e. The standard InChI is InChI=1S/C27H29FN6O2/c28-22-17-20(36-27-30-11-10-24(32-27)26(29)35)8-9-25(22)34-15-13-33(14-16-34)12-4-3-5-19-18-31-23-7-2-1-6-21(19)23/h1-2,6-11,17-18,31H,3-5,12-16H2,(H2,29,35). The summed E-state index contributed by atoms with van der Waals surface area (Å²) >= 11 is 0. The van der Waals surface area contributed by atoms with Crippen molar-refractivity contribution >= 4 is 22.5 Å². The molecule has 1 saturated heterocycles. The van der Waals surface area contributed by atoms with E-state index >= 15 is 0 Å². The van der Waals surface area contributed by atoms with Crippen LogP contribution in [-0.2, 0) is 6.42 Å². The third-order valence-corrected chi connectivity index (χ3v) is 6.57. The van der Waals surface area contributed by atoms with E-state index in [1.165, 1.54) is 34.8 Å². The fourth-order valence-electron chi connectivity index (χ4n) is 4.64. The molecule has 2 aromatic carbocycles. The van der Waals surface area contributed by atoms with Gasteiger partial charge in [0.05, 0.1) is 5.69 Å². The van der Waals surface area contributed by atoms with Gasteiger partial charge in [0.25, 0.3) is 5.91 Å². The number of H-pyrrole nitrogens is 1. The quantitative estimate of drug-likeness (QED) is 0.344. The maximum atomic E-state index is 14.9. The SMILES string of the molecule is NC(=O)c1ccnc(Oc2ccc(N3CCN(CCCCc4c[nH]c5ccccc45)CC3)c(F)c2)n1. The van der Waals surface area contributed by atoms with Crippen LogP contribution in [0.5, 0.6) is 11.8 Å². The molecule has 0 unspecified atom stereocenters. The van der Waals surface area contributed by atoms with E-state index in [1.54, 1.807) is 12.1 Å². The number of unbranched alkanes of at least 4 members (excludes halogenated alkanes) is 1. The first-order valence-electron chi connectivity index (χ1n) is 12.2. The van der Waals surface area contributed by atoms with Crippen molar-refractivity contribution in [2.24, 2.45) is 5.73 Å². The van der Waals surface area contributed by atoms with E-state index in [2.05, 4.69) is 55.2 Å². The molecule has 0 saturated carbocycles. The van der Waals surface area contributed by atoms with Gasteiger partial charge in [0.2, 0.25) is 0 Å². The molecule has 8 nitrogen and oxygen atoms in total. The van der Waals surface area contributed by atoms with Crippen LogP contribution >= 0.6 is 0 Å². The summed E-state index contributed by atoms with van der Waals surface area (Å²) < 4.78 is 20.4. The first-order chi connectivity index (χ1) is 17.6. The number of aromatic nitrogens is 3. The van der Waals surface area contributed by atoms with Crippen LogP contribution in [0, 0.1) is 5.82 Å². The number of anilines is 1. The molecule has 0 aliphatic carbocycles. The fraction of sp³-hybridized carbons (Fsp3) is 0.296. The number of aryl methyl sites for hydroxylation is 1. The van der Waals surface area contributed by atoms with Gasteiger partial charge in [-0.3, -0.25) is 9.69 Å². The lowest BCUT2D eigenvalue weighted by Gasteiger charge is -2.36. The van der Waals surface area contributed by atoms with Gasteiger partial charge >= 0.3 is 6.01 Å². The Labute approximate surface area is 208 Å². The monoisotopic (exact) mass is 488 g/mol. The number of ether oxygens (including phenoxy) is 1. The van der Waals surface area contributed by atoms with Crippen LogP contribution in [0.2, 0.25) is 0 Å². The molecule has 1 fully saturated rings. The molecule has 1 amide bonds. The lowest BCUT2D eigenvalue weighted by molar-refractivity contribution is 0.0994. The Kier molecular flexibility index (Phi) is 7.08. The number of rotatable bonds is 9. The third kappa shape index (κ3) is 5.46. The Bertz CT molecular complexity index is 1350. The summed E-state index contributed by atoms with van der Waals surface area (Å²) in [5, 5.41) is 1.32. The number of hydrogen-bond donors (Lipinski definition) is 2. The highest BCUT2D eigenvalue weighted by Gasteiger charge is 2.20. The molecule has 0 bridgehead atoms. The van der Waals surface area contributed by atoms with Crippen LogP contribution in [0.1, 0.15) is 28.9 Å². The number of piperazine rings is 1. The Morgan fingerprint density at radius 1 is 1.08 bits per heavy atom. The van der Waals surface area contributed by atoms with Crippen molar-refractivity contribution in [3.63, 3.8) is 0 Å². The predicted octanol–water partition coefficient (Wildman–Crippen LogP) is 4.13. The minimum Gasteiger partial charge on any atom is -0.424 e. The van der Waals surface area contributed by atoms with Gasteiger partial charge in [-0.15, -0.1) is 0 Å². The van der Waals surface area contributed by atoms with Gasteiger partial charge in [-0.2, -0.15) is 4.98 Å². The molecule has 0 atom stereocenters. The molecule has 186 valence electrons. The van der Waals surface area contributed by atoms with Crippen LogP contribution in [-0.4, -0.2) is 58.5 Å². The van der Waals surface area contributed by atoms with Gasteiger partial charge in [-0.25, -0.2) is 9.37 Å². The molecule has 4 aromatic rings. The number of aromatic amines is 1. The smallest absolute Gasteiger partial charge is 0.322 e. The molecule has 0 spiro atoms. The number of nitrogens with zero attached hydrogens (tertiary/aromatic N) is 4. The maximum absolute atomic E-state index is 14.9. The predicted molar refractivity (Wildman–Crippen MR) is 137 cm³/mol. The zero-order valence-electron chi connectivity index (χ0n) is 20.0. The molecule has 1 aliphatic heterocycles. The van der Waals surface area contributed by atoms with E-state index in [-0.39, 0.29) is 23.3 Å². The number of para-hydroxylation sites is 1. The van der Waals surface area contributed by atoms with E-state index in [1.807, 2.05) is 0 Å². The number of fused-ring (bicyclic) bond motifs is 1. The van der Waals surface area contributed by atoms with E-state index in [9.17, 15) is 9.18 Å². The average Bonchev–Trinajstić information content (AvgIpc) is 3.30. The average molecular weight is 489 g/mol. The summed E-state index contributed by atoms with van der Waals surface area (Å²) in [5.74, 6) is -0.797. The molecular formula is C27H29FN6O2. The van der Waals surface area contributed by atoms with Gasteiger partial charge in [0, 0.05) is 55.5 Å². The lowest BCUT2D eigenvalue weighted by atomic mass is 10.1. The highest BCUT2D eigenvalue weighted by atomic mass is 19.1. The van der Waals surface area contributed by atoms with Crippen LogP contribution in [0.15, 0.2) is 60.9 Å². The third-order valence-electron chi connectivity index (χ3n) is 6.57. The Morgan fingerprint density at radius 2 is 1.92 bits per heavy atom. The molecule has 0 radical (unpaired) electrons. The van der Waals surface area contributed by atoms with Crippen molar-refractivity contribution in [1.29, 1.82) is 0 Å². The zero-order valence-corrected chi connectivity index (χ0v) is 20.0. The van der Waals surface area contributed by atoms with Crippen molar-refractivity contribution in [2.45, 2.75) is 19.3 Å². The maximum Gasteiger partial charge on any atom is 0.322 e. The second kappa shape index (κ2) is 10.7. The van der Waals surface area contributed by atoms with Gasteiger partial charge < -0.3 is 20.4 Å². The zero-order chi connectivity index (χ0) is 24.9. The topological polar surface area (TPSA) is 100 Å². The number of primary amides is 1. The molecule has 3 N–H and O–H groups in total. The Hall–Kier alpha value is -3.98. The minimum atomic E-state index is -0.683. The van der Waals surface area contributed by atoms with Crippen LogP contribution in [0.4, 0.5) is 10.1 Å². The number of hydrogen-bond acceptors (Lipinski definition) is 6. The normalized spacial score (nSPS) is 14.3. The number of nitrogens with two attached hydrogens (primary N) is 1. The number of halogens is 1. The van der Waals surface area contributed by atoms with Crippen molar-refractivity contribution in [3.05, 3.63) is 78.0 Å². The van der Waals surface area contributed by atoms with Gasteiger partial charge in [0.15, 0.2) is 0 Å². The summed E-state index contributed by atoms with van der Waals surface area (Å²) in [6.45, 7) is 4.39. The van der Waals surface area contributed by atoms with Crippen LogP contribution in [0.25, 0.3) is 10.9 Å². The number of nitrogens with one attached hydrogen (secondary N) is 1. The van der Waals surface area contributed by atoms with Crippen molar-refractivity contribution in [3.8, 4) is 11.8 Å². The highest BCUT2D eigenvalue weighted by molar-refractivity contribution is 5.90. The molecule has 36 heavy (non-hydrogen) atoms. The Morgan fingerprint density at radius 3 is 2.72 bits per heavy atom. The fourth-order valence-corrected chi connectivity index (χ4v) is 4.64. The van der Waals surface area contributed by atoms with E-state index in [0.717, 1.165) is 52.0 Å². The summed E-state index contributed by atoms with van der Waals surface area (Å²) in [6.07, 6.45) is 6.85. The first-order valence-corrected chi connectivity index (χ1v) is 12.2. The molecular weight excluding hydrogens is 459 g/mol. The highest BCUT2D eigenvalue weighted by Crippen LogP contribution is 2.27. The first kappa shape index (κ1) is 23.7. The summed E-state index contributed by atoms with van der Waals surface area (Å²) in [5.41, 5.74) is 8.39. The van der Waals surface area contributed by atoms with Crippen LogP contribution < -0.4 is 15.4 Å². The molecule has 2 aromatic heterocycles. The molecule has 9 heteroatoms. The number of carbonyl (C=O) groups is 1. The van der Waals surface area contributed by atoms with Crippen LogP contribution in [0.3, 0.4) is 0 Å². The second-order valence-corrected chi connectivity index (χ2v) is 8.95. The number of benzene rings is 2. The second-order valence-electron chi connectivity index (χ2n) is 8.95. The van der Waals surface area contributed by atoms with E-state index in [4.69, 9.17) is 10.5 Å². The van der Waals surface area contributed by atoms with E-state index in [0.29, 0.717) is 5.69 Å². The molecule has 5 rings (SSSR count). The number of carbonyl (C=O) groups excluding carboxylic acids is 1. The van der Waals surface area contributed by atoms with Crippen molar-refractivity contribution in [1.82, 2.24) is 19.9 Å². The van der Waals surface area contributed by atoms with E-state index < -0.39 is 5.91 Å². The Balaban J connectivity index is 1.09. The molecule has 3 heterocycles. The van der Waals surface area contributed by atoms with Crippen molar-refractivity contribution in [2.75, 3.05) is 37.6 Å².